The summed E-state index contributed by atoms with van der Waals surface area (Å²) in [5.41, 5.74) is -3.67. The number of carbonyl (C=O) groups excluding carboxylic acids is 2. The zero-order valence-corrected chi connectivity index (χ0v) is 15.9. The van der Waals surface area contributed by atoms with Gasteiger partial charge < -0.3 is 10.2 Å². The van der Waals surface area contributed by atoms with Gasteiger partial charge in [0.2, 0.25) is 0 Å². The summed E-state index contributed by atoms with van der Waals surface area (Å²) in [7, 11) is 0. The maximum Gasteiger partial charge on any atom is 0.199 e. The van der Waals surface area contributed by atoms with Gasteiger partial charge in [-0.1, -0.05) is 26.5 Å². The van der Waals surface area contributed by atoms with Gasteiger partial charge in [0.25, 0.3) is 0 Å². The third kappa shape index (κ3) is 2.10. The minimum atomic E-state index is -2.09. The summed E-state index contributed by atoms with van der Waals surface area (Å²) in [5.74, 6) is -3.12. The predicted molar refractivity (Wildman–Crippen MR) is 98.4 cm³/mol. The number of aliphatic hydroxyl groups excluding tert-OH is 1. The first-order valence-corrected chi connectivity index (χ1v) is 9.51. The van der Waals surface area contributed by atoms with Crippen molar-refractivity contribution in [2.75, 3.05) is 6.67 Å². The summed E-state index contributed by atoms with van der Waals surface area (Å²) < 4.78 is 28.3. The normalized spacial score (nSPS) is 47.1. The van der Waals surface area contributed by atoms with Crippen molar-refractivity contribution in [3.63, 3.8) is 0 Å². The van der Waals surface area contributed by atoms with Crippen LogP contribution in [0.4, 0.5) is 8.78 Å². The first kappa shape index (κ1) is 19.4. The van der Waals surface area contributed by atoms with Gasteiger partial charge in [-0.25, -0.2) is 8.78 Å². The molecular formula is C22H24F2O4. The number of ketones is 2. The molecule has 0 saturated heterocycles. The van der Waals surface area contributed by atoms with E-state index in [0.717, 1.165) is 0 Å². The fraction of sp³-hybridized carbons (Fsp3) is 0.545. The Morgan fingerprint density at radius 2 is 2.07 bits per heavy atom. The number of aliphatic hydroxyl groups is 2. The lowest BCUT2D eigenvalue weighted by molar-refractivity contribution is -0.165. The molecule has 2 fully saturated rings. The van der Waals surface area contributed by atoms with E-state index in [1.807, 2.05) is 0 Å². The highest BCUT2D eigenvalue weighted by atomic mass is 19.1. The lowest BCUT2D eigenvalue weighted by Crippen LogP contribution is -2.61. The van der Waals surface area contributed by atoms with Crippen LogP contribution in [-0.4, -0.2) is 40.2 Å². The molecular weight excluding hydrogens is 366 g/mol. The monoisotopic (exact) mass is 390 g/mol. The van der Waals surface area contributed by atoms with E-state index < -0.39 is 52.7 Å². The molecule has 0 aromatic carbocycles. The standard InChI is InChI=1S/C22H24F2O4/c1-11-6-14-13-8-16(24)15-7-12(25)4-5-20(15,2)19(13)17(26)9-21(14,3)22(11,28)18(27)10-23/h4-5,7-8,13-14,17,19,26,28H,1,6,9-10H2,2-3H3/t13-,14-,17-,19+,20-,21-,22-/m0/s1. The van der Waals surface area contributed by atoms with E-state index in [2.05, 4.69) is 6.58 Å². The summed E-state index contributed by atoms with van der Waals surface area (Å²) in [6.07, 6.45) is 5.01. The Labute approximate surface area is 162 Å². The van der Waals surface area contributed by atoms with Crippen LogP contribution in [0.5, 0.6) is 0 Å². The number of rotatable bonds is 2. The van der Waals surface area contributed by atoms with Gasteiger partial charge in [-0.05, 0) is 48.5 Å². The third-order valence-electron chi connectivity index (χ3n) is 7.82. The number of halogens is 2. The second kappa shape index (κ2) is 5.80. The minimum absolute atomic E-state index is 0.0558. The number of allylic oxidation sites excluding steroid dienone is 6. The van der Waals surface area contributed by atoms with Gasteiger partial charge in [-0.2, -0.15) is 0 Å². The van der Waals surface area contributed by atoms with E-state index in [-0.39, 0.29) is 35.7 Å². The average molecular weight is 390 g/mol. The molecule has 0 heterocycles. The molecule has 0 bridgehead atoms. The molecule has 7 atom stereocenters. The summed E-state index contributed by atoms with van der Waals surface area (Å²) in [5, 5.41) is 22.3. The van der Waals surface area contributed by atoms with Gasteiger partial charge in [0.05, 0.1) is 6.10 Å². The Bertz CT molecular complexity index is 887. The second-order valence-corrected chi connectivity index (χ2v) is 9.06. The highest BCUT2D eigenvalue weighted by Crippen LogP contribution is 2.67. The highest BCUT2D eigenvalue weighted by Gasteiger charge is 2.69. The molecule has 0 spiro atoms. The molecule has 0 aliphatic heterocycles. The fourth-order valence-corrected chi connectivity index (χ4v) is 6.44. The van der Waals surface area contributed by atoms with E-state index in [1.54, 1.807) is 19.9 Å². The van der Waals surface area contributed by atoms with Gasteiger partial charge >= 0.3 is 0 Å². The molecule has 6 heteroatoms. The quantitative estimate of drug-likeness (QED) is 0.711. The van der Waals surface area contributed by atoms with Crippen LogP contribution in [0.2, 0.25) is 0 Å². The van der Waals surface area contributed by atoms with E-state index >= 15 is 4.39 Å². The van der Waals surface area contributed by atoms with Crippen molar-refractivity contribution in [3.05, 3.63) is 47.9 Å². The van der Waals surface area contributed by atoms with E-state index in [9.17, 15) is 24.2 Å². The van der Waals surface area contributed by atoms with Crippen LogP contribution in [0.25, 0.3) is 0 Å². The highest BCUT2D eigenvalue weighted by molar-refractivity contribution is 6.01. The van der Waals surface area contributed by atoms with Gasteiger partial charge in [0.15, 0.2) is 23.8 Å². The third-order valence-corrected chi connectivity index (χ3v) is 7.82. The number of fused-ring (bicyclic) bond motifs is 5. The summed E-state index contributed by atoms with van der Waals surface area (Å²) >= 11 is 0. The van der Waals surface area contributed by atoms with Crippen molar-refractivity contribution in [1.82, 2.24) is 0 Å². The first-order valence-electron chi connectivity index (χ1n) is 9.51. The maximum absolute atomic E-state index is 15.0. The van der Waals surface area contributed by atoms with Crippen LogP contribution in [0.3, 0.4) is 0 Å². The molecule has 150 valence electrons. The molecule has 0 unspecified atom stereocenters. The molecule has 0 radical (unpaired) electrons. The molecule has 28 heavy (non-hydrogen) atoms. The second-order valence-electron chi connectivity index (χ2n) is 9.06. The predicted octanol–water partition coefficient (Wildman–Crippen LogP) is 2.77. The Hall–Kier alpha value is -1.92. The molecule has 0 aromatic heterocycles. The van der Waals surface area contributed by atoms with Crippen molar-refractivity contribution in [2.45, 2.75) is 38.4 Å². The molecule has 2 N–H and O–H groups in total. The van der Waals surface area contributed by atoms with Gasteiger partial charge in [-0.15, -0.1) is 0 Å². The Balaban J connectivity index is 1.88. The topological polar surface area (TPSA) is 74.6 Å². The van der Waals surface area contributed by atoms with Crippen molar-refractivity contribution in [3.8, 4) is 0 Å². The van der Waals surface area contributed by atoms with Crippen LogP contribution < -0.4 is 0 Å². The molecule has 4 aliphatic rings. The van der Waals surface area contributed by atoms with Crippen molar-refractivity contribution in [2.24, 2.45) is 28.6 Å². The summed E-state index contributed by atoms with van der Waals surface area (Å²) in [6.45, 7) is 5.95. The number of Topliss-reactive ketones (excluding diaryl/α,β-unsaturated/α-hetero) is 1. The first-order chi connectivity index (χ1) is 13.0. The zero-order chi connectivity index (χ0) is 20.6. The van der Waals surface area contributed by atoms with Crippen molar-refractivity contribution >= 4 is 11.6 Å². The number of hydrogen-bond acceptors (Lipinski definition) is 4. The Morgan fingerprint density at radius 1 is 1.39 bits per heavy atom. The van der Waals surface area contributed by atoms with E-state index in [0.29, 0.717) is 0 Å². The fourth-order valence-electron chi connectivity index (χ4n) is 6.44. The number of hydrogen-bond donors (Lipinski definition) is 2. The SMILES string of the molecule is C=C1C[C@H]2[C@@H]3C=C(F)C4=CC(=O)C=C[C@]4(C)[C@H]3[C@@H](O)C[C@]2(C)[C@@]1(O)C(=O)CF. The molecule has 2 saturated carbocycles. The van der Waals surface area contributed by atoms with Crippen LogP contribution in [0, 0.1) is 28.6 Å². The van der Waals surface area contributed by atoms with Crippen LogP contribution >= 0.6 is 0 Å². The minimum Gasteiger partial charge on any atom is -0.393 e. The number of carbonyl (C=O) groups is 2. The van der Waals surface area contributed by atoms with Gasteiger partial charge in [0, 0.05) is 22.3 Å². The summed E-state index contributed by atoms with van der Waals surface area (Å²) in [6, 6.07) is 0. The van der Waals surface area contributed by atoms with Crippen LogP contribution in [0.15, 0.2) is 47.9 Å². The average Bonchev–Trinajstić information content (AvgIpc) is 2.83. The van der Waals surface area contributed by atoms with Crippen molar-refractivity contribution < 1.29 is 28.6 Å². The van der Waals surface area contributed by atoms with Gasteiger partial charge in [0.1, 0.15) is 5.83 Å². The maximum atomic E-state index is 15.0. The zero-order valence-electron chi connectivity index (χ0n) is 15.9. The van der Waals surface area contributed by atoms with Gasteiger partial charge in [-0.3, -0.25) is 9.59 Å². The molecule has 4 nitrogen and oxygen atoms in total. The van der Waals surface area contributed by atoms with Crippen LogP contribution in [0.1, 0.15) is 26.7 Å². The largest absolute Gasteiger partial charge is 0.393 e. The Morgan fingerprint density at radius 3 is 2.71 bits per heavy atom. The van der Waals surface area contributed by atoms with E-state index in [1.165, 1.54) is 18.2 Å². The molecule has 0 amide bonds. The lowest BCUT2D eigenvalue weighted by atomic mass is 9.47. The van der Waals surface area contributed by atoms with Crippen molar-refractivity contribution in [1.29, 1.82) is 0 Å². The van der Waals surface area contributed by atoms with E-state index in [4.69, 9.17) is 0 Å². The molecule has 4 aliphatic carbocycles. The molecule has 0 aromatic rings. The Kier molecular flexibility index (Phi) is 4.02. The smallest absolute Gasteiger partial charge is 0.199 e. The number of alkyl halides is 1. The lowest BCUT2D eigenvalue weighted by Gasteiger charge is -2.57. The summed E-state index contributed by atoms with van der Waals surface area (Å²) in [4.78, 5) is 24.1. The molecule has 4 rings (SSSR count). The van der Waals surface area contributed by atoms with Crippen LogP contribution in [-0.2, 0) is 9.59 Å².